The van der Waals surface area contributed by atoms with Gasteiger partial charge in [0.2, 0.25) is 0 Å². The normalized spacial score (nSPS) is 14.9. The van der Waals surface area contributed by atoms with Gasteiger partial charge in [0.1, 0.15) is 0 Å². The first kappa shape index (κ1) is 25.9. The van der Waals surface area contributed by atoms with Gasteiger partial charge in [-0.1, -0.05) is 42.5 Å². The van der Waals surface area contributed by atoms with Crippen LogP contribution in [-0.2, 0) is 0 Å². The zero-order valence-electron chi connectivity index (χ0n) is 18.9. The van der Waals surface area contributed by atoms with Crippen molar-refractivity contribution < 1.29 is 9.21 Å². The van der Waals surface area contributed by atoms with Crippen LogP contribution in [0.15, 0.2) is 58.1 Å². The van der Waals surface area contributed by atoms with E-state index in [1.807, 2.05) is 20.0 Å². The number of rotatable bonds is 8. The smallest absolute Gasteiger partial charge is 0.287 e. The summed E-state index contributed by atoms with van der Waals surface area (Å²) in [6.07, 6.45) is 6.76. The predicted octanol–water partition coefficient (Wildman–Crippen LogP) is 3.23. The Balaban J connectivity index is 0.00000363. The van der Waals surface area contributed by atoms with Crippen LogP contribution < -0.4 is 10.6 Å². The maximum Gasteiger partial charge on any atom is 0.287 e. The number of aryl methyl sites for hydroxylation is 1. The van der Waals surface area contributed by atoms with Crippen LogP contribution in [0, 0.1) is 6.92 Å². The fourth-order valence-electron chi connectivity index (χ4n) is 3.55. The van der Waals surface area contributed by atoms with E-state index in [2.05, 4.69) is 61.8 Å². The molecule has 1 aliphatic heterocycles. The number of amides is 1. The maximum atomic E-state index is 12.0. The van der Waals surface area contributed by atoms with Crippen molar-refractivity contribution in [2.75, 3.05) is 52.9 Å². The molecule has 1 aromatic carbocycles. The number of aliphatic imine (C=N–C) groups is 1. The number of halogens is 1. The van der Waals surface area contributed by atoms with Crippen LogP contribution >= 0.6 is 24.0 Å². The van der Waals surface area contributed by atoms with Gasteiger partial charge in [0.15, 0.2) is 11.7 Å². The van der Waals surface area contributed by atoms with Gasteiger partial charge in [-0.15, -0.1) is 24.0 Å². The molecule has 0 bridgehead atoms. The van der Waals surface area contributed by atoms with Crippen LogP contribution in [0.1, 0.15) is 28.1 Å². The Morgan fingerprint density at radius 3 is 2.47 bits per heavy atom. The van der Waals surface area contributed by atoms with Crippen LogP contribution in [-0.4, -0.2) is 74.5 Å². The Morgan fingerprint density at radius 2 is 1.81 bits per heavy atom. The third-order valence-electron chi connectivity index (χ3n) is 5.35. The van der Waals surface area contributed by atoms with Crippen molar-refractivity contribution in [3.63, 3.8) is 0 Å². The summed E-state index contributed by atoms with van der Waals surface area (Å²) in [5, 5.41) is 6.30. The number of piperazine rings is 1. The largest absolute Gasteiger partial charge is 0.459 e. The Bertz CT molecular complexity index is 874. The molecule has 1 aliphatic rings. The minimum absolute atomic E-state index is 0. The minimum Gasteiger partial charge on any atom is -0.459 e. The Labute approximate surface area is 208 Å². The van der Waals surface area contributed by atoms with Gasteiger partial charge in [-0.2, -0.15) is 0 Å². The lowest BCUT2D eigenvalue weighted by molar-refractivity contribution is 0.0925. The average Bonchev–Trinajstić information content (AvgIpc) is 3.23. The number of benzene rings is 1. The minimum atomic E-state index is -0.163. The fraction of sp³-hybridized carbons (Fsp3) is 0.417. The third-order valence-corrected chi connectivity index (χ3v) is 5.35. The molecule has 1 aromatic heterocycles. The Morgan fingerprint density at radius 1 is 1.09 bits per heavy atom. The molecule has 1 fully saturated rings. The van der Waals surface area contributed by atoms with Crippen LogP contribution in [0.4, 0.5) is 0 Å². The van der Waals surface area contributed by atoms with Crippen LogP contribution in [0.2, 0.25) is 0 Å². The van der Waals surface area contributed by atoms with E-state index in [1.54, 1.807) is 6.07 Å². The SMILES string of the molecule is CN=C(NCCCNC(=O)c1occc1C)N1CCN(C/C=C/c2ccccc2)CC1.I. The van der Waals surface area contributed by atoms with E-state index in [0.29, 0.717) is 12.3 Å². The Hall–Kier alpha value is -2.33. The van der Waals surface area contributed by atoms with Crippen LogP contribution in [0.25, 0.3) is 6.08 Å². The quantitative estimate of drug-likeness (QED) is 0.228. The molecule has 0 atom stereocenters. The van der Waals surface area contributed by atoms with Crippen molar-refractivity contribution in [3.05, 3.63) is 65.6 Å². The summed E-state index contributed by atoms with van der Waals surface area (Å²) >= 11 is 0. The van der Waals surface area contributed by atoms with Gasteiger partial charge in [-0.3, -0.25) is 14.7 Å². The van der Waals surface area contributed by atoms with E-state index in [1.165, 1.54) is 11.8 Å². The first-order chi connectivity index (χ1) is 15.2. The topological polar surface area (TPSA) is 73.1 Å². The molecular weight excluding hydrogens is 517 g/mol. The second kappa shape index (κ2) is 13.9. The van der Waals surface area contributed by atoms with Crippen molar-refractivity contribution >= 4 is 41.9 Å². The standard InChI is InChI=1S/C24H33N5O2.HI/c1-20-11-19-31-22(20)23(30)26-12-7-13-27-24(25-2)29-17-15-28(16-18-29)14-6-10-21-8-4-3-5-9-21;/h3-6,8-11,19H,7,12-18H2,1-2H3,(H,25,27)(H,26,30);1H/b10-6+;. The highest BCUT2D eigenvalue weighted by molar-refractivity contribution is 14.0. The number of carbonyl (C=O) groups is 1. The molecule has 174 valence electrons. The second-order valence-electron chi connectivity index (χ2n) is 7.62. The Kier molecular flexibility index (Phi) is 11.3. The number of carbonyl (C=O) groups excluding carboxylic acids is 1. The number of furan rings is 1. The highest BCUT2D eigenvalue weighted by Crippen LogP contribution is 2.08. The molecular formula is C24H34IN5O2. The lowest BCUT2D eigenvalue weighted by atomic mass is 10.2. The number of hydrogen-bond donors (Lipinski definition) is 2. The average molecular weight is 551 g/mol. The second-order valence-corrected chi connectivity index (χ2v) is 7.62. The lowest BCUT2D eigenvalue weighted by Gasteiger charge is -2.36. The fourth-order valence-corrected chi connectivity index (χ4v) is 3.55. The summed E-state index contributed by atoms with van der Waals surface area (Å²) in [6, 6.07) is 12.2. The molecule has 2 aromatic rings. The van der Waals surface area contributed by atoms with Gasteiger partial charge in [0.05, 0.1) is 6.26 Å². The number of guanidine groups is 1. The van der Waals surface area contributed by atoms with Gasteiger partial charge in [-0.25, -0.2) is 0 Å². The molecule has 32 heavy (non-hydrogen) atoms. The molecule has 0 unspecified atom stereocenters. The summed E-state index contributed by atoms with van der Waals surface area (Å²) in [5.74, 6) is 1.15. The highest BCUT2D eigenvalue weighted by Gasteiger charge is 2.18. The number of hydrogen-bond acceptors (Lipinski definition) is 4. The van der Waals surface area contributed by atoms with Gasteiger partial charge >= 0.3 is 0 Å². The number of nitrogens with zero attached hydrogens (tertiary/aromatic N) is 3. The first-order valence-electron chi connectivity index (χ1n) is 10.9. The van der Waals surface area contributed by atoms with Crippen molar-refractivity contribution in [2.45, 2.75) is 13.3 Å². The van der Waals surface area contributed by atoms with Crippen molar-refractivity contribution in [1.82, 2.24) is 20.4 Å². The molecule has 0 saturated carbocycles. The maximum absolute atomic E-state index is 12.0. The molecule has 1 saturated heterocycles. The summed E-state index contributed by atoms with van der Waals surface area (Å²) in [7, 11) is 1.82. The molecule has 2 heterocycles. The van der Waals surface area contributed by atoms with E-state index in [9.17, 15) is 4.79 Å². The monoisotopic (exact) mass is 551 g/mol. The van der Waals surface area contributed by atoms with Gasteiger partial charge < -0.3 is 20.0 Å². The molecule has 7 nitrogen and oxygen atoms in total. The van der Waals surface area contributed by atoms with E-state index in [-0.39, 0.29) is 29.9 Å². The molecule has 1 amide bonds. The van der Waals surface area contributed by atoms with Crippen molar-refractivity contribution in [2.24, 2.45) is 4.99 Å². The van der Waals surface area contributed by atoms with E-state index < -0.39 is 0 Å². The number of nitrogens with one attached hydrogen (secondary N) is 2. The molecule has 0 radical (unpaired) electrons. The molecule has 0 aliphatic carbocycles. The van der Waals surface area contributed by atoms with E-state index >= 15 is 0 Å². The lowest BCUT2D eigenvalue weighted by Crippen LogP contribution is -2.52. The molecule has 3 rings (SSSR count). The van der Waals surface area contributed by atoms with Crippen molar-refractivity contribution in [3.8, 4) is 0 Å². The van der Waals surface area contributed by atoms with Gasteiger partial charge in [0.25, 0.3) is 5.91 Å². The van der Waals surface area contributed by atoms with E-state index in [4.69, 9.17) is 4.42 Å². The van der Waals surface area contributed by atoms with Gasteiger partial charge in [0, 0.05) is 58.4 Å². The summed E-state index contributed by atoms with van der Waals surface area (Å²) in [4.78, 5) is 21.2. The molecule has 2 N–H and O–H groups in total. The molecule has 0 spiro atoms. The van der Waals surface area contributed by atoms with Gasteiger partial charge in [-0.05, 0) is 25.0 Å². The zero-order valence-corrected chi connectivity index (χ0v) is 21.2. The van der Waals surface area contributed by atoms with Crippen LogP contribution in [0.3, 0.4) is 0 Å². The van der Waals surface area contributed by atoms with Crippen LogP contribution in [0.5, 0.6) is 0 Å². The highest BCUT2D eigenvalue weighted by atomic mass is 127. The molecule has 8 heteroatoms. The van der Waals surface area contributed by atoms with Crippen molar-refractivity contribution in [1.29, 1.82) is 0 Å². The predicted molar refractivity (Wildman–Crippen MR) is 141 cm³/mol. The zero-order chi connectivity index (χ0) is 21.9. The summed E-state index contributed by atoms with van der Waals surface area (Å²) in [5.41, 5.74) is 2.09. The third kappa shape index (κ3) is 7.98. The first-order valence-corrected chi connectivity index (χ1v) is 10.9. The van der Waals surface area contributed by atoms with E-state index in [0.717, 1.165) is 57.2 Å². The summed E-state index contributed by atoms with van der Waals surface area (Å²) in [6.45, 7) is 8.10. The summed E-state index contributed by atoms with van der Waals surface area (Å²) < 4.78 is 5.21.